The number of nitrogens with one attached hydrogen (secondary N) is 2. The number of ketones is 1. The minimum atomic E-state index is -4.15. The van der Waals surface area contributed by atoms with Gasteiger partial charge >= 0.3 is 10.2 Å². The number of benzene rings is 2. The Hall–Kier alpha value is -3.91. The van der Waals surface area contributed by atoms with E-state index in [2.05, 4.69) is 19.6 Å². The highest BCUT2D eigenvalue weighted by atomic mass is 32.2. The molecule has 2 aliphatic heterocycles. The number of halogens is 2. The number of carbonyl (C=O) groups is 1. The fourth-order valence-corrected chi connectivity index (χ4v) is 8.64. The van der Waals surface area contributed by atoms with Gasteiger partial charge in [-0.1, -0.05) is 12.1 Å². The molecule has 0 saturated carbocycles. The van der Waals surface area contributed by atoms with Crippen LogP contribution in [0.2, 0.25) is 0 Å². The maximum absolute atomic E-state index is 15.8. The van der Waals surface area contributed by atoms with Gasteiger partial charge in [0.15, 0.2) is 12.1 Å². The predicted molar refractivity (Wildman–Crippen MR) is 177 cm³/mol. The lowest BCUT2D eigenvalue weighted by molar-refractivity contribution is -0.141. The van der Waals surface area contributed by atoms with Gasteiger partial charge in [0.1, 0.15) is 11.5 Å². The molecule has 47 heavy (non-hydrogen) atoms. The van der Waals surface area contributed by atoms with Gasteiger partial charge < -0.3 is 19.4 Å². The summed E-state index contributed by atoms with van der Waals surface area (Å²) in [5.74, 6) is -2.97. The first-order chi connectivity index (χ1) is 22.5. The normalized spacial score (nSPS) is 19.6. The lowest BCUT2D eigenvalue weighted by Gasteiger charge is -2.36. The summed E-state index contributed by atoms with van der Waals surface area (Å²) in [5, 5.41) is 0.383. The van der Waals surface area contributed by atoms with E-state index in [4.69, 9.17) is 9.47 Å². The smallest absolute Gasteiger partial charge is 0.302 e. The Kier molecular flexibility index (Phi) is 9.34. The number of carbonyl (C=O) groups excluding carboxylic acids is 1. The molecular formula is C34H39F2N5O5S. The van der Waals surface area contributed by atoms with E-state index in [0.29, 0.717) is 29.8 Å². The van der Waals surface area contributed by atoms with Crippen LogP contribution in [0.1, 0.15) is 55.5 Å². The molecule has 250 valence electrons. The molecule has 2 aromatic heterocycles. The minimum Gasteiger partial charge on any atom is -0.372 e. The molecular weight excluding hydrogens is 628 g/mol. The molecule has 4 heterocycles. The second kappa shape index (κ2) is 13.3. The van der Waals surface area contributed by atoms with Crippen LogP contribution in [0.3, 0.4) is 0 Å². The van der Waals surface area contributed by atoms with Crippen LogP contribution in [0.4, 0.5) is 20.2 Å². The zero-order valence-electron chi connectivity index (χ0n) is 26.8. The van der Waals surface area contributed by atoms with Gasteiger partial charge in [-0.25, -0.2) is 13.8 Å². The second-order valence-corrected chi connectivity index (χ2v) is 13.9. The molecule has 4 aromatic rings. The second-order valence-electron chi connectivity index (χ2n) is 12.4. The van der Waals surface area contributed by atoms with Gasteiger partial charge in [-0.3, -0.25) is 9.52 Å². The highest BCUT2D eigenvalue weighted by molar-refractivity contribution is 7.90. The van der Waals surface area contributed by atoms with Crippen LogP contribution in [0.15, 0.2) is 54.9 Å². The summed E-state index contributed by atoms with van der Waals surface area (Å²) in [5.41, 5.74) is 1.69. The lowest BCUT2D eigenvalue weighted by atomic mass is 9.95. The number of anilines is 2. The Morgan fingerprint density at radius 2 is 1.64 bits per heavy atom. The Morgan fingerprint density at radius 1 is 0.979 bits per heavy atom. The molecule has 2 saturated heterocycles. The van der Waals surface area contributed by atoms with E-state index >= 15 is 8.78 Å². The van der Waals surface area contributed by atoms with Gasteiger partial charge in [0.2, 0.25) is 5.78 Å². The van der Waals surface area contributed by atoms with Crippen LogP contribution in [0.5, 0.6) is 0 Å². The van der Waals surface area contributed by atoms with E-state index in [1.165, 1.54) is 10.5 Å². The molecule has 0 amide bonds. The van der Waals surface area contributed by atoms with Crippen LogP contribution >= 0.6 is 0 Å². The standard InChI is InChI=1S/C34H39F2N5O5S/c1-20-5-6-21(2)41(20)47(43,44)39-29-12-11-28(35)30(31(29)36)32(42)27-19-38-33-26(27)17-24(18-37-33)22-7-9-25(10-8-22)40-15-13-23(14-16-40)34(45-3)46-4/h7-12,17-21,23,34,39H,5-6,13-16H2,1-4H3,(H,37,38). The van der Waals surface area contributed by atoms with E-state index in [9.17, 15) is 13.2 Å². The maximum atomic E-state index is 15.8. The number of nitrogens with zero attached hydrogens (tertiary/aromatic N) is 3. The minimum absolute atomic E-state index is 0.0128. The Morgan fingerprint density at radius 3 is 2.28 bits per heavy atom. The summed E-state index contributed by atoms with van der Waals surface area (Å²) >= 11 is 0. The Balaban J connectivity index is 1.24. The van der Waals surface area contributed by atoms with Crippen molar-refractivity contribution in [2.24, 2.45) is 5.92 Å². The SMILES string of the molecule is COC(OC)C1CCN(c2ccc(-c3cnc4[nH]cc(C(=O)c5c(F)ccc(NS(=O)(=O)N6C(C)CCC6C)c5F)c4c3)cc2)CC1. The average molecular weight is 668 g/mol. The van der Waals surface area contributed by atoms with Crippen LogP contribution in [0.25, 0.3) is 22.2 Å². The van der Waals surface area contributed by atoms with Crippen molar-refractivity contribution in [3.8, 4) is 11.1 Å². The maximum Gasteiger partial charge on any atom is 0.302 e. The molecule has 10 nitrogen and oxygen atoms in total. The number of pyridine rings is 1. The first-order valence-corrected chi connectivity index (χ1v) is 17.2. The van der Waals surface area contributed by atoms with Crippen molar-refractivity contribution in [2.45, 2.75) is 57.9 Å². The third-order valence-corrected chi connectivity index (χ3v) is 11.2. The fourth-order valence-electron chi connectivity index (χ4n) is 6.94. The molecule has 2 fully saturated rings. The van der Waals surface area contributed by atoms with Crippen molar-refractivity contribution in [1.82, 2.24) is 14.3 Å². The lowest BCUT2D eigenvalue weighted by Crippen LogP contribution is -2.42. The van der Waals surface area contributed by atoms with Crippen LogP contribution < -0.4 is 9.62 Å². The van der Waals surface area contributed by atoms with E-state index in [1.807, 2.05) is 24.3 Å². The molecule has 6 rings (SSSR count). The molecule has 2 unspecified atom stereocenters. The summed E-state index contributed by atoms with van der Waals surface area (Å²) in [6, 6.07) is 11.1. The Bertz CT molecular complexity index is 1860. The number of rotatable bonds is 10. The first-order valence-electron chi connectivity index (χ1n) is 15.7. The quantitative estimate of drug-likeness (QED) is 0.155. The van der Waals surface area contributed by atoms with Gasteiger partial charge in [-0.2, -0.15) is 12.7 Å². The van der Waals surface area contributed by atoms with E-state index < -0.39 is 38.9 Å². The van der Waals surface area contributed by atoms with Crippen LogP contribution in [-0.4, -0.2) is 74.2 Å². The topological polar surface area (TPSA) is 117 Å². The van der Waals surface area contributed by atoms with Gasteiger partial charge in [0.05, 0.1) is 11.3 Å². The van der Waals surface area contributed by atoms with E-state index in [1.54, 1.807) is 40.3 Å². The third kappa shape index (κ3) is 6.37. The van der Waals surface area contributed by atoms with Crippen molar-refractivity contribution in [3.05, 3.63) is 77.6 Å². The summed E-state index contributed by atoms with van der Waals surface area (Å²) in [6.45, 7) is 5.30. The first kappa shape index (κ1) is 33.0. The molecule has 0 radical (unpaired) electrons. The van der Waals surface area contributed by atoms with Crippen molar-refractivity contribution >= 4 is 38.4 Å². The number of ether oxygens (including phenoxy) is 2. The van der Waals surface area contributed by atoms with Crippen LogP contribution in [0, 0.1) is 17.6 Å². The number of piperidine rings is 1. The predicted octanol–water partition coefficient (Wildman–Crippen LogP) is 6.10. The molecule has 2 aliphatic rings. The number of aromatic amines is 1. The summed E-state index contributed by atoms with van der Waals surface area (Å²) in [7, 11) is -0.828. The summed E-state index contributed by atoms with van der Waals surface area (Å²) < 4.78 is 71.5. The molecule has 2 aromatic carbocycles. The van der Waals surface area contributed by atoms with Crippen molar-refractivity contribution in [3.63, 3.8) is 0 Å². The van der Waals surface area contributed by atoms with Crippen molar-refractivity contribution in [1.29, 1.82) is 0 Å². The molecule has 0 spiro atoms. The number of methoxy groups -OCH3 is 2. The van der Waals surface area contributed by atoms with Crippen molar-refractivity contribution in [2.75, 3.05) is 36.9 Å². The Labute approximate surface area is 273 Å². The van der Waals surface area contributed by atoms with Gasteiger partial charge in [-0.05, 0) is 75.4 Å². The monoisotopic (exact) mass is 667 g/mol. The molecule has 0 bridgehead atoms. The van der Waals surface area contributed by atoms with E-state index in [-0.39, 0.29) is 23.9 Å². The number of hydrogen-bond donors (Lipinski definition) is 2. The highest BCUT2D eigenvalue weighted by Gasteiger charge is 2.38. The number of fused-ring (bicyclic) bond motifs is 1. The zero-order valence-corrected chi connectivity index (χ0v) is 27.6. The summed E-state index contributed by atoms with van der Waals surface area (Å²) in [6.07, 6.45) is 6.06. The van der Waals surface area contributed by atoms with Gasteiger partial charge in [0, 0.05) is 79.9 Å². The zero-order chi connectivity index (χ0) is 33.5. The van der Waals surface area contributed by atoms with Gasteiger partial charge in [-0.15, -0.1) is 0 Å². The number of aromatic nitrogens is 2. The van der Waals surface area contributed by atoms with Crippen molar-refractivity contribution < 1.29 is 31.5 Å². The molecule has 2 atom stereocenters. The van der Waals surface area contributed by atoms with Crippen LogP contribution in [-0.2, 0) is 19.7 Å². The van der Waals surface area contributed by atoms with Gasteiger partial charge in [0.25, 0.3) is 0 Å². The summed E-state index contributed by atoms with van der Waals surface area (Å²) in [4.78, 5) is 23.4. The molecule has 13 heteroatoms. The average Bonchev–Trinajstić information content (AvgIpc) is 3.65. The number of H-pyrrole nitrogens is 1. The molecule has 2 N–H and O–H groups in total. The van der Waals surface area contributed by atoms with E-state index in [0.717, 1.165) is 54.9 Å². The number of hydrogen-bond acceptors (Lipinski definition) is 7. The highest BCUT2D eigenvalue weighted by Crippen LogP contribution is 2.33. The fraction of sp³-hybridized carbons (Fsp3) is 0.412. The largest absolute Gasteiger partial charge is 0.372 e. The third-order valence-electron chi connectivity index (χ3n) is 9.44. The molecule has 0 aliphatic carbocycles.